The van der Waals surface area contributed by atoms with Crippen LogP contribution in [-0.2, 0) is 0 Å². The van der Waals surface area contributed by atoms with Gasteiger partial charge in [-0.1, -0.05) is 18.2 Å². The first-order chi connectivity index (χ1) is 16.8. The zero-order valence-electron chi connectivity index (χ0n) is 18.0. The summed E-state index contributed by atoms with van der Waals surface area (Å²) in [5.74, 6) is -3.29. The predicted molar refractivity (Wildman–Crippen MR) is 127 cm³/mol. The second kappa shape index (κ2) is 9.94. The lowest BCUT2D eigenvalue weighted by atomic mass is 10.1. The maximum Gasteiger partial charge on any atom is 0.417 e. The molecule has 0 saturated heterocycles. The van der Waals surface area contributed by atoms with E-state index in [0.717, 1.165) is 6.07 Å². The van der Waals surface area contributed by atoms with Crippen LogP contribution in [0.5, 0.6) is 23.0 Å². The van der Waals surface area contributed by atoms with Crippen molar-refractivity contribution in [2.24, 2.45) is 5.73 Å². The number of carbonyl (C=O) groups excluding carboxylic acids is 2. The van der Waals surface area contributed by atoms with Gasteiger partial charge in [-0.15, -0.1) is 0 Å². The largest absolute Gasteiger partial charge is 0.496 e. The number of nitrogens with zero attached hydrogens (tertiary/aromatic N) is 1. The molecule has 0 fully saturated rings. The minimum atomic E-state index is -1.12. The van der Waals surface area contributed by atoms with E-state index in [2.05, 4.69) is 26.2 Å². The molecule has 1 aromatic heterocycles. The van der Waals surface area contributed by atoms with Crippen molar-refractivity contribution >= 4 is 44.5 Å². The van der Waals surface area contributed by atoms with Gasteiger partial charge in [0.2, 0.25) is 0 Å². The SMILES string of the molecule is COc1cc2nccc(Oc3c(F)cc(NC(=O)Oc4ccccc4)c(Br)c3F)c2cc1C(N)=O. The van der Waals surface area contributed by atoms with Gasteiger partial charge in [0.25, 0.3) is 5.91 Å². The lowest BCUT2D eigenvalue weighted by Gasteiger charge is -2.15. The highest BCUT2D eigenvalue weighted by Gasteiger charge is 2.22. The van der Waals surface area contributed by atoms with E-state index in [1.54, 1.807) is 30.3 Å². The molecule has 0 unspecified atom stereocenters. The maximum absolute atomic E-state index is 15.1. The summed E-state index contributed by atoms with van der Waals surface area (Å²) in [5, 5.41) is 2.54. The molecule has 178 valence electrons. The molecular weight excluding hydrogens is 528 g/mol. The smallest absolute Gasteiger partial charge is 0.417 e. The zero-order valence-corrected chi connectivity index (χ0v) is 19.6. The molecule has 0 radical (unpaired) electrons. The molecular formula is C24H16BrF2N3O5. The number of nitrogens with two attached hydrogens (primary N) is 1. The second-order valence-corrected chi connectivity index (χ2v) is 7.83. The molecule has 0 saturated carbocycles. The molecule has 0 aliphatic heterocycles. The summed E-state index contributed by atoms with van der Waals surface area (Å²) in [4.78, 5) is 28.1. The number of halogens is 3. The Kier molecular flexibility index (Phi) is 6.78. The number of aromatic nitrogens is 1. The molecule has 35 heavy (non-hydrogen) atoms. The van der Waals surface area contributed by atoms with Gasteiger partial charge in [-0.25, -0.2) is 13.6 Å². The van der Waals surface area contributed by atoms with Crippen molar-refractivity contribution in [3.8, 4) is 23.0 Å². The highest BCUT2D eigenvalue weighted by atomic mass is 79.9. The van der Waals surface area contributed by atoms with Crippen LogP contribution >= 0.6 is 15.9 Å². The number of hydrogen-bond donors (Lipinski definition) is 2. The van der Waals surface area contributed by atoms with E-state index in [9.17, 15) is 14.0 Å². The molecule has 4 aromatic rings. The maximum atomic E-state index is 15.1. The van der Waals surface area contributed by atoms with Gasteiger partial charge in [-0.2, -0.15) is 0 Å². The first-order valence-electron chi connectivity index (χ1n) is 9.94. The fraction of sp³-hybridized carbons (Fsp3) is 0.0417. The summed E-state index contributed by atoms with van der Waals surface area (Å²) in [6, 6.07) is 13.2. The third-order valence-corrected chi connectivity index (χ3v) is 5.58. The van der Waals surface area contributed by atoms with E-state index in [1.807, 2.05) is 0 Å². The highest BCUT2D eigenvalue weighted by molar-refractivity contribution is 9.10. The number of amides is 2. The summed E-state index contributed by atoms with van der Waals surface area (Å²) >= 11 is 3.01. The molecule has 11 heteroatoms. The molecule has 8 nitrogen and oxygen atoms in total. The molecule has 0 atom stereocenters. The lowest BCUT2D eigenvalue weighted by molar-refractivity contribution is 0.0997. The van der Waals surface area contributed by atoms with Gasteiger partial charge in [0.15, 0.2) is 17.4 Å². The van der Waals surface area contributed by atoms with Gasteiger partial charge < -0.3 is 19.9 Å². The monoisotopic (exact) mass is 543 g/mol. The van der Waals surface area contributed by atoms with Gasteiger partial charge in [-0.05, 0) is 40.2 Å². The van der Waals surface area contributed by atoms with Crippen molar-refractivity contribution in [2.45, 2.75) is 0 Å². The number of fused-ring (bicyclic) bond motifs is 1. The van der Waals surface area contributed by atoms with Crippen LogP contribution in [-0.4, -0.2) is 24.1 Å². The van der Waals surface area contributed by atoms with Crippen molar-refractivity contribution in [3.63, 3.8) is 0 Å². The summed E-state index contributed by atoms with van der Waals surface area (Å²) in [5.41, 5.74) is 5.57. The van der Waals surface area contributed by atoms with E-state index in [1.165, 1.54) is 31.5 Å². The Hall–Kier alpha value is -4.25. The number of pyridine rings is 1. The van der Waals surface area contributed by atoms with Crippen molar-refractivity contribution in [1.29, 1.82) is 0 Å². The number of benzene rings is 3. The first kappa shape index (κ1) is 23.9. The number of para-hydroxylation sites is 1. The Balaban J connectivity index is 1.66. The third kappa shape index (κ3) is 4.99. The Bertz CT molecular complexity index is 1450. The van der Waals surface area contributed by atoms with Crippen molar-refractivity contribution in [1.82, 2.24) is 4.98 Å². The minimum Gasteiger partial charge on any atom is -0.496 e. The minimum absolute atomic E-state index is 0.00838. The molecule has 4 rings (SSSR count). The van der Waals surface area contributed by atoms with Crippen LogP contribution in [0.3, 0.4) is 0 Å². The average Bonchev–Trinajstić information content (AvgIpc) is 2.84. The Morgan fingerprint density at radius 3 is 2.49 bits per heavy atom. The van der Waals surface area contributed by atoms with E-state index < -0.39 is 29.4 Å². The Labute approximate surface area is 205 Å². The summed E-state index contributed by atoms with van der Waals surface area (Å²) in [6.07, 6.45) is 0.416. The second-order valence-electron chi connectivity index (χ2n) is 7.04. The number of carbonyl (C=O) groups is 2. The van der Waals surface area contributed by atoms with E-state index in [4.69, 9.17) is 19.9 Å². The van der Waals surface area contributed by atoms with Crippen LogP contribution in [0.15, 0.2) is 65.3 Å². The Morgan fingerprint density at radius 2 is 1.80 bits per heavy atom. The average molecular weight is 544 g/mol. The molecule has 3 aromatic carbocycles. The lowest BCUT2D eigenvalue weighted by Crippen LogP contribution is -2.17. The normalized spacial score (nSPS) is 10.6. The van der Waals surface area contributed by atoms with Crippen LogP contribution in [0.25, 0.3) is 10.9 Å². The summed E-state index contributed by atoms with van der Waals surface area (Å²) in [6.45, 7) is 0. The van der Waals surface area contributed by atoms with E-state index in [-0.39, 0.29) is 38.4 Å². The number of nitrogens with one attached hydrogen (secondary N) is 1. The third-order valence-electron chi connectivity index (χ3n) is 4.81. The van der Waals surface area contributed by atoms with Gasteiger partial charge in [0.05, 0.1) is 28.4 Å². The molecule has 0 spiro atoms. The molecule has 0 bridgehead atoms. The number of rotatable bonds is 6. The number of ether oxygens (including phenoxy) is 3. The molecule has 1 heterocycles. The van der Waals surface area contributed by atoms with Crippen LogP contribution in [0.4, 0.5) is 19.3 Å². The summed E-state index contributed by atoms with van der Waals surface area (Å²) < 4.78 is 45.5. The van der Waals surface area contributed by atoms with Crippen molar-refractivity contribution in [3.05, 3.63) is 82.5 Å². The van der Waals surface area contributed by atoms with Gasteiger partial charge in [-0.3, -0.25) is 15.1 Å². The van der Waals surface area contributed by atoms with Crippen LogP contribution in [0.2, 0.25) is 0 Å². The molecule has 2 amide bonds. The zero-order chi connectivity index (χ0) is 25.1. The molecule has 3 N–H and O–H groups in total. The van der Waals surface area contributed by atoms with Gasteiger partial charge in [0, 0.05) is 23.7 Å². The first-order valence-corrected chi connectivity index (χ1v) is 10.7. The quantitative estimate of drug-likeness (QED) is 0.298. The van der Waals surface area contributed by atoms with Crippen LogP contribution in [0.1, 0.15) is 10.4 Å². The van der Waals surface area contributed by atoms with Gasteiger partial charge in [0.1, 0.15) is 17.2 Å². The number of anilines is 1. The fourth-order valence-electron chi connectivity index (χ4n) is 3.20. The Morgan fingerprint density at radius 1 is 1.06 bits per heavy atom. The fourth-order valence-corrected chi connectivity index (χ4v) is 3.60. The van der Waals surface area contributed by atoms with Gasteiger partial charge >= 0.3 is 6.09 Å². The summed E-state index contributed by atoms with van der Waals surface area (Å²) in [7, 11) is 1.36. The number of methoxy groups -OCH3 is 1. The molecule has 0 aliphatic carbocycles. The molecule has 0 aliphatic rings. The van der Waals surface area contributed by atoms with E-state index in [0.29, 0.717) is 5.52 Å². The van der Waals surface area contributed by atoms with E-state index >= 15 is 4.39 Å². The number of hydrogen-bond acceptors (Lipinski definition) is 6. The highest BCUT2D eigenvalue weighted by Crippen LogP contribution is 2.39. The van der Waals surface area contributed by atoms with Crippen LogP contribution < -0.4 is 25.3 Å². The van der Waals surface area contributed by atoms with Crippen molar-refractivity contribution in [2.75, 3.05) is 12.4 Å². The topological polar surface area (TPSA) is 113 Å². The standard InChI is InChI=1S/C24H16BrF2N3O5/c1-33-19-11-16-13(9-14(19)23(28)31)18(7-8-29-16)35-22-15(26)10-17(20(25)21(22)27)30-24(32)34-12-5-3-2-4-6-12/h2-11H,1H3,(H2,28,31)(H,30,32). The number of primary amides is 1. The van der Waals surface area contributed by atoms with Crippen molar-refractivity contribution < 1.29 is 32.6 Å². The van der Waals surface area contributed by atoms with Crippen LogP contribution in [0, 0.1) is 11.6 Å². The predicted octanol–water partition coefficient (Wildman–Crippen LogP) is 5.79.